The van der Waals surface area contributed by atoms with Gasteiger partial charge in [-0.15, -0.1) is 0 Å². The third-order valence-corrected chi connectivity index (χ3v) is 5.43. The largest absolute Gasteiger partial charge is 0.378 e. The fourth-order valence-corrected chi connectivity index (χ4v) is 3.76. The molecule has 0 atom stereocenters. The van der Waals surface area contributed by atoms with Crippen LogP contribution in [0.4, 0.5) is 5.82 Å². The van der Waals surface area contributed by atoms with E-state index in [2.05, 4.69) is 30.7 Å². The summed E-state index contributed by atoms with van der Waals surface area (Å²) in [5.74, 6) is 1.50. The molecular weight excluding hydrogens is 411 g/mol. The molecule has 0 N–H and O–H groups in total. The summed E-state index contributed by atoms with van der Waals surface area (Å²) in [4.78, 5) is 26.3. The summed E-state index contributed by atoms with van der Waals surface area (Å²) in [6, 6.07) is 7.06. The molecule has 1 aromatic heterocycles. The Morgan fingerprint density at radius 2 is 1.72 bits per heavy atom. The minimum Gasteiger partial charge on any atom is -0.378 e. The molecule has 1 saturated heterocycles. The van der Waals surface area contributed by atoms with Crippen molar-refractivity contribution in [2.45, 2.75) is 32.8 Å². The lowest BCUT2D eigenvalue weighted by molar-refractivity contribution is 0.0747. The van der Waals surface area contributed by atoms with Gasteiger partial charge in [0.15, 0.2) is 0 Å². The van der Waals surface area contributed by atoms with Gasteiger partial charge in [-0.25, -0.2) is 9.97 Å². The molecule has 156 valence electrons. The Kier molecular flexibility index (Phi) is 6.66. The lowest BCUT2D eigenvalue weighted by atomic mass is 9.95. The number of halogens is 2. The second kappa shape index (κ2) is 8.86. The molecular formula is C21H26Cl2N4O2. The van der Waals surface area contributed by atoms with E-state index in [1.165, 1.54) is 0 Å². The van der Waals surface area contributed by atoms with E-state index < -0.39 is 0 Å². The van der Waals surface area contributed by atoms with E-state index in [1.54, 1.807) is 30.2 Å². The Bertz CT molecular complexity index is 870. The van der Waals surface area contributed by atoms with Crippen molar-refractivity contribution in [1.82, 2.24) is 14.9 Å². The first-order valence-electron chi connectivity index (χ1n) is 9.56. The molecule has 0 unspecified atom stereocenters. The Balaban J connectivity index is 1.77. The Labute approximate surface area is 181 Å². The van der Waals surface area contributed by atoms with Gasteiger partial charge in [-0.1, -0.05) is 50.0 Å². The number of rotatable bonds is 4. The number of ether oxygens (including phenoxy) is 1. The number of nitrogens with zero attached hydrogens (tertiary/aromatic N) is 4. The number of anilines is 1. The van der Waals surface area contributed by atoms with Crippen molar-refractivity contribution in [1.29, 1.82) is 0 Å². The van der Waals surface area contributed by atoms with Crippen molar-refractivity contribution in [2.75, 3.05) is 38.2 Å². The predicted octanol–water partition coefficient (Wildman–Crippen LogP) is 4.19. The molecule has 1 fully saturated rings. The van der Waals surface area contributed by atoms with Crippen molar-refractivity contribution in [3.63, 3.8) is 0 Å². The monoisotopic (exact) mass is 436 g/mol. The van der Waals surface area contributed by atoms with E-state index in [0.29, 0.717) is 48.4 Å². The lowest BCUT2D eigenvalue weighted by Gasteiger charge is -2.36. The highest BCUT2D eigenvalue weighted by Gasteiger charge is 2.27. The maximum absolute atomic E-state index is 12.9. The minimum absolute atomic E-state index is 0.140. The van der Waals surface area contributed by atoms with Crippen LogP contribution in [0.1, 0.15) is 42.6 Å². The maximum atomic E-state index is 12.9. The van der Waals surface area contributed by atoms with Crippen LogP contribution in [0, 0.1) is 0 Å². The molecule has 2 heterocycles. The number of hydrogen-bond donors (Lipinski definition) is 0. The van der Waals surface area contributed by atoms with Crippen LogP contribution < -0.4 is 4.90 Å². The molecule has 1 amide bonds. The summed E-state index contributed by atoms with van der Waals surface area (Å²) in [7, 11) is 1.66. The quantitative estimate of drug-likeness (QED) is 0.718. The molecule has 0 radical (unpaired) electrons. The molecule has 8 heteroatoms. The van der Waals surface area contributed by atoms with Gasteiger partial charge in [0.05, 0.1) is 27.9 Å². The van der Waals surface area contributed by atoms with Crippen LogP contribution in [0.25, 0.3) is 0 Å². The molecule has 29 heavy (non-hydrogen) atoms. The van der Waals surface area contributed by atoms with Gasteiger partial charge in [-0.3, -0.25) is 4.79 Å². The SMILES string of the molecule is COCc1cc(N2CCN(C(=O)c3c(Cl)cccc3Cl)CC2)nc(C(C)(C)C)n1. The summed E-state index contributed by atoms with van der Waals surface area (Å²) < 4.78 is 5.27. The van der Waals surface area contributed by atoms with Crippen molar-refractivity contribution in [2.24, 2.45) is 0 Å². The first-order valence-corrected chi connectivity index (χ1v) is 10.3. The molecule has 6 nitrogen and oxygen atoms in total. The number of carbonyl (C=O) groups is 1. The maximum Gasteiger partial charge on any atom is 0.257 e. The van der Waals surface area contributed by atoms with Crippen molar-refractivity contribution < 1.29 is 9.53 Å². The molecule has 0 aliphatic carbocycles. The fraction of sp³-hybridized carbons (Fsp3) is 0.476. The zero-order valence-corrected chi connectivity index (χ0v) is 18.7. The highest BCUT2D eigenvalue weighted by atomic mass is 35.5. The van der Waals surface area contributed by atoms with E-state index in [0.717, 1.165) is 17.3 Å². The van der Waals surface area contributed by atoms with Crippen molar-refractivity contribution >= 4 is 34.9 Å². The van der Waals surface area contributed by atoms with E-state index in [-0.39, 0.29) is 11.3 Å². The molecule has 3 rings (SSSR count). The molecule has 0 spiro atoms. The highest BCUT2D eigenvalue weighted by molar-refractivity contribution is 6.39. The molecule has 1 aromatic carbocycles. The summed E-state index contributed by atoms with van der Waals surface area (Å²) in [5.41, 5.74) is 1.05. The smallest absolute Gasteiger partial charge is 0.257 e. The first kappa shape index (κ1) is 21.8. The third kappa shape index (κ3) is 5.00. The molecule has 1 aliphatic rings. The molecule has 2 aromatic rings. The van der Waals surface area contributed by atoms with E-state index in [9.17, 15) is 4.79 Å². The molecule has 0 bridgehead atoms. The average molecular weight is 437 g/mol. The van der Waals surface area contributed by atoms with Crippen molar-refractivity contribution in [3.8, 4) is 0 Å². The summed E-state index contributed by atoms with van der Waals surface area (Å²) >= 11 is 12.4. The summed E-state index contributed by atoms with van der Waals surface area (Å²) in [6.07, 6.45) is 0. The van der Waals surface area contributed by atoms with Gasteiger partial charge in [-0.2, -0.15) is 0 Å². The van der Waals surface area contributed by atoms with Gasteiger partial charge in [0.1, 0.15) is 11.6 Å². The number of carbonyl (C=O) groups excluding carboxylic acids is 1. The lowest BCUT2D eigenvalue weighted by Crippen LogP contribution is -2.49. The van der Waals surface area contributed by atoms with E-state index in [1.807, 2.05) is 6.07 Å². The van der Waals surface area contributed by atoms with Gasteiger partial charge in [0.25, 0.3) is 5.91 Å². The van der Waals surface area contributed by atoms with Crippen LogP contribution in [-0.4, -0.2) is 54.1 Å². The zero-order chi connectivity index (χ0) is 21.2. The van der Waals surface area contributed by atoms with Crippen LogP contribution in [0.5, 0.6) is 0 Å². The first-order chi connectivity index (χ1) is 13.7. The van der Waals surface area contributed by atoms with E-state index in [4.69, 9.17) is 32.9 Å². The Morgan fingerprint density at radius 1 is 1.10 bits per heavy atom. The third-order valence-electron chi connectivity index (χ3n) is 4.80. The van der Waals surface area contributed by atoms with Crippen LogP contribution >= 0.6 is 23.2 Å². The summed E-state index contributed by atoms with van der Waals surface area (Å²) in [5, 5.41) is 0.750. The number of amides is 1. The second-order valence-electron chi connectivity index (χ2n) is 8.10. The van der Waals surface area contributed by atoms with Gasteiger partial charge in [0, 0.05) is 44.8 Å². The second-order valence-corrected chi connectivity index (χ2v) is 8.91. The number of benzene rings is 1. The van der Waals surface area contributed by atoms with Gasteiger partial charge < -0.3 is 14.5 Å². The number of piperazine rings is 1. The van der Waals surface area contributed by atoms with Crippen molar-refractivity contribution in [3.05, 3.63) is 51.4 Å². The minimum atomic E-state index is -0.170. The summed E-state index contributed by atoms with van der Waals surface area (Å²) in [6.45, 7) is 9.17. The van der Waals surface area contributed by atoms with Gasteiger partial charge >= 0.3 is 0 Å². The molecule has 0 saturated carbocycles. The average Bonchev–Trinajstić information content (AvgIpc) is 2.67. The van der Waals surface area contributed by atoms with Crippen LogP contribution in [0.15, 0.2) is 24.3 Å². The molecule has 1 aliphatic heterocycles. The number of methoxy groups -OCH3 is 1. The standard InChI is InChI=1S/C21H26Cl2N4O2/c1-21(2,3)20-24-14(13-29-4)12-17(25-20)26-8-10-27(11-9-26)19(28)18-15(22)6-5-7-16(18)23/h5-7,12H,8-11,13H2,1-4H3. The normalized spacial score (nSPS) is 15.0. The highest BCUT2D eigenvalue weighted by Crippen LogP contribution is 2.27. The van der Waals surface area contributed by atoms with Gasteiger partial charge in [-0.05, 0) is 12.1 Å². The zero-order valence-electron chi connectivity index (χ0n) is 17.2. The van der Waals surface area contributed by atoms with Crippen LogP contribution in [0.2, 0.25) is 10.0 Å². The number of aromatic nitrogens is 2. The Morgan fingerprint density at radius 3 is 2.28 bits per heavy atom. The Hall–Kier alpha value is -1.89. The predicted molar refractivity (Wildman–Crippen MR) is 116 cm³/mol. The topological polar surface area (TPSA) is 58.6 Å². The van der Waals surface area contributed by atoms with Crippen LogP contribution in [-0.2, 0) is 16.8 Å². The van der Waals surface area contributed by atoms with Gasteiger partial charge in [0.2, 0.25) is 0 Å². The fourth-order valence-electron chi connectivity index (χ4n) is 3.20. The van der Waals surface area contributed by atoms with Crippen LogP contribution in [0.3, 0.4) is 0 Å². The van der Waals surface area contributed by atoms with E-state index >= 15 is 0 Å². The number of hydrogen-bond acceptors (Lipinski definition) is 5.